The Bertz CT molecular complexity index is 929. The molecule has 1 amide bonds. The Morgan fingerprint density at radius 2 is 1.93 bits per heavy atom. The molecule has 0 aliphatic carbocycles. The number of rotatable bonds is 3. The monoisotopic (exact) mass is 363 g/mol. The zero-order chi connectivity index (χ0) is 18.9. The normalized spacial score (nSPS) is 16.3. The first-order valence-corrected chi connectivity index (χ1v) is 8.96. The molecule has 1 fully saturated rings. The minimum Gasteiger partial charge on any atom is -0.383 e. The van der Waals surface area contributed by atoms with E-state index in [1.807, 2.05) is 31.2 Å². The first-order valence-electron chi connectivity index (χ1n) is 8.96. The quantitative estimate of drug-likeness (QED) is 0.744. The summed E-state index contributed by atoms with van der Waals surface area (Å²) in [4.78, 5) is 22.9. The highest BCUT2D eigenvalue weighted by Crippen LogP contribution is 2.32. The van der Waals surface area contributed by atoms with Crippen LogP contribution < -0.4 is 0 Å². The van der Waals surface area contributed by atoms with Gasteiger partial charge in [0.15, 0.2) is 0 Å². The lowest BCUT2D eigenvalue weighted by molar-refractivity contribution is -0.0245. The Kier molecular flexibility index (Phi) is 4.45. The van der Waals surface area contributed by atoms with E-state index in [1.165, 1.54) is 0 Å². The van der Waals surface area contributed by atoms with Gasteiger partial charge in [0.25, 0.3) is 5.91 Å². The summed E-state index contributed by atoms with van der Waals surface area (Å²) in [6.45, 7) is 2.90. The molecule has 0 radical (unpaired) electrons. The van der Waals surface area contributed by atoms with Crippen molar-refractivity contribution in [2.24, 2.45) is 0 Å². The number of hydrogen-bond acceptors (Lipinski definition) is 5. The van der Waals surface area contributed by atoms with Crippen LogP contribution in [-0.2, 0) is 5.60 Å². The highest BCUT2D eigenvalue weighted by molar-refractivity contribution is 5.93. The number of pyridine rings is 2. The second kappa shape index (κ2) is 6.92. The SMILES string of the molecule is Cc1ccc(C2(O)CCN(C(=O)c3cc(-c4ccncc4)n[nH]3)CC2)nc1. The number of nitrogens with one attached hydrogen (secondary N) is 1. The second-order valence-electron chi connectivity index (χ2n) is 6.95. The minimum atomic E-state index is -0.985. The third-order valence-corrected chi connectivity index (χ3v) is 5.05. The summed E-state index contributed by atoms with van der Waals surface area (Å²) in [6.07, 6.45) is 6.06. The first-order chi connectivity index (χ1) is 13.0. The Balaban J connectivity index is 1.44. The molecule has 0 atom stereocenters. The van der Waals surface area contributed by atoms with Gasteiger partial charge in [-0.15, -0.1) is 0 Å². The van der Waals surface area contributed by atoms with Crippen LogP contribution in [0.2, 0.25) is 0 Å². The summed E-state index contributed by atoms with van der Waals surface area (Å²) in [5, 5.41) is 18.0. The van der Waals surface area contributed by atoms with Crippen molar-refractivity contribution in [1.29, 1.82) is 0 Å². The Hall–Kier alpha value is -3.06. The van der Waals surface area contributed by atoms with Crippen molar-refractivity contribution in [2.75, 3.05) is 13.1 Å². The molecular formula is C20H21N5O2. The van der Waals surface area contributed by atoms with Crippen LogP contribution in [0.3, 0.4) is 0 Å². The van der Waals surface area contributed by atoms with Gasteiger partial charge in [0, 0.05) is 37.2 Å². The van der Waals surface area contributed by atoms with Crippen LogP contribution in [0.25, 0.3) is 11.3 Å². The van der Waals surface area contributed by atoms with Crippen LogP contribution in [0.5, 0.6) is 0 Å². The van der Waals surface area contributed by atoms with Crippen LogP contribution >= 0.6 is 0 Å². The van der Waals surface area contributed by atoms with Gasteiger partial charge >= 0.3 is 0 Å². The van der Waals surface area contributed by atoms with Gasteiger partial charge in [-0.05, 0) is 49.6 Å². The van der Waals surface area contributed by atoms with E-state index in [-0.39, 0.29) is 5.91 Å². The summed E-state index contributed by atoms with van der Waals surface area (Å²) in [7, 11) is 0. The molecule has 4 heterocycles. The van der Waals surface area contributed by atoms with Crippen LogP contribution in [0.1, 0.15) is 34.6 Å². The molecule has 3 aromatic heterocycles. The molecule has 0 saturated carbocycles. The average Bonchev–Trinajstić information content (AvgIpc) is 3.19. The molecule has 3 aromatic rings. The van der Waals surface area contributed by atoms with E-state index in [0.717, 1.165) is 11.1 Å². The van der Waals surface area contributed by atoms with Crippen molar-refractivity contribution >= 4 is 5.91 Å². The first kappa shape index (κ1) is 17.4. The molecule has 1 aliphatic rings. The van der Waals surface area contributed by atoms with E-state index in [0.29, 0.717) is 43.0 Å². The molecule has 1 aliphatic heterocycles. The topological polar surface area (TPSA) is 95.0 Å². The van der Waals surface area contributed by atoms with Crippen molar-refractivity contribution in [1.82, 2.24) is 25.1 Å². The molecule has 1 saturated heterocycles. The molecule has 2 N–H and O–H groups in total. The van der Waals surface area contributed by atoms with Gasteiger partial charge in [0.2, 0.25) is 0 Å². The number of aromatic amines is 1. The fraction of sp³-hybridized carbons (Fsp3) is 0.300. The van der Waals surface area contributed by atoms with E-state index in [2.05, 4.69) is 20.2 Å². The maximum atomic E-state index is 12.8. The number of aromatic nitrogens is 4. The van der Waals surface area contributed by atoms with Gasteiger partial charge < -0.3 is 10.0 Å². The number of hydrogen-bond donors (Lipinski definition) is 2. The van der Waals surface area contributed by atoms with E-state index in [9.17, 15) is 9.90 Å². The van der Waals surface area contributed by atoms with Crippen LogP contribution in [-0.4, -0.2) is 49.2 Å². The molecule has 0 unspecified atom stereocenters. The maximum Gasteiger partial charge on any atom is 0.271 e. The van der Waals surface area contributed by atoms with Crippen molar-refractivity contribution < 1.29 is 9.90 Å². The molecule has 138 valence electrons. The fourth-order valence-corrected chi connectivity index (χ4v) is 3.35. The molecule has 0 aromatic carbocycles. The summed E-state index contributed by atoms with van der Waals surface area (Å²) < 4.78 is 0. The molecule has 4 rings (SSSR count). The van der Waals surface area contributed by atoms with Gasteiger partial charge in [-0.25, -0.2) is 0 Å². The lowest BCUT2D eigenvalue weighted by atomic mass is 9.87. The summed E-state index contributed by atoms with van der Waals surface area (Å²) >= 11 is 0. The number of carbonyl (C=O) groups is 1. The largest absolute Gasteiger partial charge is 0.383 e. The van der Waals surface area contributed by atoms with Crippen molar-refractivity contribution in [3.05, 3.63) is 65.9 Å². The summed E-state index contributed by atoms with van der Waals surface area (Å²) in [5.41, 5.74) is 2.79. The molecule has 7 nitrogen and oxygen atoms in total. The lowest BCUT2D eigenvalue weighted by Gasteiger charge is -2.37. The number of piperidine rings is 1. The summed E-state index contributed by atoms with van der Waals surface area (Å²) in [6, 6.07) is 9.26. The number of aryl methyl sites for hydroxylation is 1. The van der Waals surface area contributed by atoms with Gasteiger partial charge in [-0.1, -0.05) is 6.07 Å². The Labute approximate surface area is 157 Å². The van der Waals surface area contributed by atoms with Crippen molar-refractivity contribution in [3.63, 3.8) is 0 Å². The lowest BCUT2D eigenvalue weighted by Crippen LogP contribution is -2.45. The molecular weight excluding hydrogens is 342 g/mol. The van der Waals surface area contributed by atoms with Gasteiger partial charge in [0.1, 0.15) is 11.3 Å². The van der Waals surface area contributed by atoms with E-state index < -0.39 is 5.60 Å². The Morgan fingerprint density at radius 3 is 2.59 bits per heavy atom. The molecule has 27 heavy (non-hydrogen) atoms. The van der Waals surface area contributed by atoms with Crippen molar-refractivity contribution in [3.8, 4) is 11.3 Å². The molecule has 0 spiro atoms. The van der Waals surface area contributed by atoms with Gasteiger partial charge in [0.05, 0.1) is 11.4 Å². The van der Waals surface area contributed by atoms with E-state index in [1.54, 1.807) is 29.6 Å². The third-order valence-electron chi connectivity index (χ3n) is 5.05. The third kappa shape index (κ3) is 3.46. The molecule has 7 heteroatoms. The predicted octanol–water partition coefficient (Wildman–Crippen LogP) is 2.30. The smallest absolute Gasteiger partial charge is 0.271 e. The highest BCUT2D eigenvalue weighted by Gasteiger charge is 2.37. The number of H-pyrrole nitrogens is 1. The zero-order valence-corrected chi connectivity index (χ0v) is 15.1. The van der Waals surface area contributed by atoms with Crippen LogP contribution in [0.15, 0.2) is 48.9 Å². The number of aliphatic hydroxyl groups is 1. The van der Waals surface area contributed by atoms with E-state index in [4.69, 9.17) is 0 Å². The van der Waals surface area contributed by atoms with Crippen molar-refractivity contribution in [2.45, 2.75) is 25.4 Å². The van der Waals surface area contributed by atoms with Crippen LogP contribution in [0.4, 0.5) is 0 Å². The van der Waals surface area contributed by atoms with Gasteiger partial charge in [-0.3, -0.25) is 19.9 Å². The fourth-order valence-electron chi connectivity index (χ4n) is 3.35. The predicted molar refractivity (Wildman–Crippen MR) is 99.8 cm³/mol. The maximum absolute atomic E-state index is 12.8. The number of nitrogens with zero attached hydrogens (tertiary/aromatic N) is 4. The average molecular weight is 363 g/mol. The van der Waals surface area contributed by atoms with Gasteiger partial charge in [-0.2, -0.15) is 5.10 Å². The number of carbonyl (C=O) groups excluding carboxylic acids is 1. The molecule has 0 bridgehead atoms. The van der Waals surface area contributed by atoms with E-state index >= 15 is 0 Å². The van der Waals surface area contributed by atoms with Crippen LogP contribution in [0, 0.1) is 6.92 Å². The zero-order valence-electron chi connectivity index (χ0n) is 15.1. The number of likely N-dealkylation sites (tertiary alicyclic amines) is 1. The summed E-state index contributed by atoms with van der Waals surface area (Å²) in [5.74, 6) is -0.110. The Morgan fingerprint density at radius 1 is 1.19 bits per heavy atom. The standard InChI is InChI=1S/C20H21N5O2/c1-14-2-3-18(22-13-14)20(27)6-10-25(11-7-20)19(26)17-12-16(23-24-17)15-4-8-21-9-5-15/h2-5,8-9,12-13,27H,6-7,10-11H2,1H3,(H,23,24). The highest BCUT2D eigenvalue weighted by atomic mass is 16.3. The minimum absolute atomic E-state index is 0.110. The number of amides is 1. The second-order valence-corrected chi connectivity index (χ2v) is 6.95.